The highest BCUT2D eigenvalue weighted by Gasteiger charge is 2.08. The molecule has 0 atom stereocenters. The molecular formula is C56H47N5. The topological polar surface area (TPSA) is 56.5 Å². The molecule has 5 nitrogen and oxygen atoms in total. The normalized spacial score (nSPS) is 10.6. The van der Waals surface area contributed by atoms with Crippen LogP contribution in [0.15, 0.2) is 213 Å². The molecule has 0 unspecified atom stereocenters. The molecule has 0 N–H and O–H groups in total. The first-order valence-corrected chi connectivity index (χ1v) is 20.5. The average Bonchev–Trinajstić information content (AvgIpc) is 3.66. The van der Waals surface area contributed by atoms with Crippen LogP contribution in [0.5, 0.6) is 0 Å². The van der Waals surface area contributed by atoms with E-state index >= 15 is 0 Å². The second-order valence-corrected chi connectivity index (χ2v) is 14.9. The van der Waals surface area contributed by atoms with Gasteiger partial charge in [0.15, 0.2) is 0 Å². The van der Waals surface area contributed by atoms with Crippen molar-refractivity contribution in [3.63, 3.8) is 0 Å². The average molecular weight is 790 g/mol. The van der Waals surface area contributed by atoms with Crippen LogP contribution in [0.25, 0.3) is 71.4 Å². The zero-order valence-corrected chi connectivity index (χ0v) is 34.9. The molecule has 0 radical (unpaired) electrons. The van der Waals surface area contributed by atoms with Crippen LogP contribution in [-0.2, 0) is 0 Å². The molecule has 4 heterocycles. The third kappa shape index (κ3) is 9.27. The summed E-state index contributed by atoms with van der Waals surface area (Å²) in [4.78, 5) is 17.4. The Morgan fingerprint density at radius 1 is 0.410 bits per heavy atom. The third-order valence-electron chi connectivity index (χ3n) is 10.8. The fourth-order valence-electron chi connectivity index (χ4n) is 7.64. The van der Waals surface area contributed by atoms with Crippen LogP contribution in [0, 0.1) is 27.7 Å². The Kier molecular flexibility index (Phi) is 12.4. The maximum absolute atomic E-state index is 4.55. The number of imidazole rings is 1. The van der Waals surface area contributed by atoms with Gasteiger partial charge in [0.25, 0.3) is 0 Å². The Labute approximate surface area is 357 Å². The van der Waals surface area contributed by atoms with Crippen LogP contribution in [0.4, 0.5) is 0 Å². The van der Waals surface area contributed by atoms with Gasteiger partial charge in [-0.1, -0.05) is 140 Å². The number of rotatable bonds is 3. The Morgan fingerprint density at radius 2 is 0.984 bits per heavy atom. The number of aryl methyl sites for hydroxylation is 4. The smallest absolute Gasteiger partial charge is 0.111 e. The van der Waals surface area contributed by atoms with Gasteiger partial charge in [-0.2, -0.15) is 0 Å². The molecule has 0 fully saturated rings. The zero-order valence-electron chi connectivity index (χ0n) is 34.9. The van der Waals surface area contributed by atoms with Crippen molar-refractivity contribution in [3.8, 4) is 28.1 Å². The molecule has 7 aromatic carbocycles. The van der Waals surface area contributed by atoms with Crippen molar-refractivity contribution < 1.29 is 0 Å². The summed E-state index contributed by atoms with van der Waals surface area (Å²) in [7, 11) is 0. The van der Waals surface area contributed by atoms with E-state index in [1.54, 1.807) is 0 Å². The van der Waals surface area contributed by atoms with Crippen molar-refractivity contribution in [1.29, 1.82) is 0 Å². The molecular weight excluding hydrogens is 743 g/mol. The van der Waals surface area contributed by atoms with Gasteiger partial charge in [-0.05, 0) is 114 Å². The van der Waals surface area contributed by atoms with E-state index < -0.39 is 0 Å². The zero-order chi connectivity index (χ0) is 42.0. The first-order valence-electron chi connectivity index (χ1n) is 20.5. The van der Waals surface area contributed by atoms with E-state index in [-0.39, 0.29) is 0 Å². The first kappa shape index (κ1) is 40.0. The van der Waals surface area contributed by atoms with Crippen molar-refractivity contribution in [2.45, 2.75) is 27.7 Å². The van der Waals surface area contributed by atoms with E-state index in [0.29, 0.717) is 0 Å². The van der Waals surface area contributed by atoms with Gasteiger partial charge < -0.3 is 0 Å². The standard InChI is InChI=1S/2C16H13N.C14H12N2.C10H9N/c1-12-6-5-9-14-11-17-16(10-15(12)14)13-7-3-2-4-8-13;1-12-7-8-15(13-5-3-2-4-6-13)16-11-17-10-9-14(12)16;1-11-15-13-9-5-6-10-14(13)16(11)12-7-3-2-4-8-12;1-8-3-2-4-9-7-11-6-5-10(8)9/h2*2-11H,1H3;2-10H,1H3;2-7H,1H3. The molecule has 0 aliphatic rings. The molecule has 0 spiro atoms. The maximum atomic E-state index is 4.55. The number of hydrogen-bond acceptors (Lipinski definition) is 4. The summed E-state index contributed by atoms with van der Waals surface area (Å²) in [6.07, 6.45) is 9.47. The van der Waals surface area contributed by atoms with Crippen molar-refractivity contribution in [1.82, 2.24) is 24.5 Å². The molecule has 0 aliphatic heterocycles. The second kappa shape index (κ2) is 18.9. The minimum Gasteiger partial charge on any atom is -0.297 e. The van der Waals surface area contributed by atoms with Gasteiger partial charge in [-0.3, -0.25) is 19.5 Å². The molecule has 296 valence electrons. The van der Waals surface area contributed by atoms with Crippen LogP contribution in [0.1, 0.15) is 22.5 Å². The molecule has 0 bridgehead atoms. The predicted octanol–water partition coefficient (Wildman–Crippen LogP) is 14.3. The monoisotopic (exact) mass is 789 g/mol. The molecule has 11 aromatic rings. The lowest BCUT2D eigenvalue weighted by Crippen LogP contribution is -1.95. The number of fused-ring (bicyclic) bond motifs is 4. The van der Waals surface area contributed by atoms with Crippen molar-refractivity contribution in [2.24, 2.45) is 0 Å². The van der Waals surface area contributed by atoms with Gasteiger partial charge in [0.2, 0.25) is 0 Å². The largest absolute Gasteiger partial charge is 0.297 e. The summed E-state index contributed by atoms with van der Waals surface area (Å²) in [5.41, 5.74) is 12.0. The predicted molar refractivity (Wildman–Crippen MR) is 256 cm³/mol. The third-order valence-corrected chi connectivity index (χ3v) is 10.8. The van der Waals surface area contributed by atoms with Gasteiger partial charge in [0, 0.05) is 58.4 Å². The van der Waals surface area contributed by atoms with Crippen LogP contribution < -0.4 is 0 Å². The van der Waals surface area contributed by atoms with E-state index in [1.165, 1.54) is 60.1 Å². The second-order valence-electron chi connectivity index (χ2n) is 14.9. The van der Waals surface area contributed by atoms with Crippen LogP contribution in [-0.4, -0.2) is 24.5 Å². The van der Waals surface area contributed by atoms with E-state index in [9.17, 15) is 0 Å². The lowest BCUT2D eigenvalue weighted by atomic mass is 9.97. The molecule has 0 amide bonds. The van der Waals surface area contributed by atoms with E-state index in [2.05, 4.69) is 161 Å². The number of hydrogen-bond donors (Lipinski definition) is 0. The molecule has 0 saturated heterocycles. The Hall–Kier alpha value is -7.76. The van der Waals surface area contributed by atoms with Gasteiger partial charge in [0.1, 0.15) is 5.82 Å². The van der Waals surface area contributed by atoms with E-state index in [0.717, 1.165) is 33.8 Å². The highest BCUT2D eigenvalue weighted by Crippen LogP contribution is 2.30. The molecule has 11 rings (SSSR count). The minimum absolute atomic E-state index is 1.02. The maximum Gasteiger partial charge on any atom is 0.111 e. The Morgan fingerprint density at radius 3 is 1.69 bits per heavy atom. The summed E-state index contributed by atoms with van der Waals surface area (Å²) in [6, 6.07) is 62.4. The molecule has 61 heavy (non-hydrogen) atoms. The van der Waals surface area contributed by atoms with E-state index in [1.807, 2.05) is 105 Å². The van der Waals surface area contributed by atoms with Crippen LogP contribution in [0.3, 0.4) is 0 Å². The van der Waals surface area contributed by atoms with Crippen molar-refractivity contribution in [2.75, 3.05) is 0 Å². The summed E-state index contributed by atoms with van der Waals surface area (Å²) in [5.74, 6) is 1.02. The highest BCUT2D eigenvalue weighted by atomic mass is 15.1. The van der Waals surface area contributed by atoms with Gasteiger partial charge in [-0.25, -0.2) is 4.98 Å². The lowest BCUT2D eigenvalue weighted by Gasteiger charge is -2.08. The van der Waals surface area contributed by atoms with Crippen LogP contribution >= 0.6 is 0 Å². The summed E-state index contributed by atoms with van der Waals surface area (Å²) >= 11 is 0. The van der Waals surface area contributed by atoms with E-state index in [4.69, 9.17) is 0 Å². The van der Waals surface area contributed by atoms with Gasteiger partial charge in [0.05, 0.1) is 16.7 Å². The van der Waals surface area contributed by atoms with Gasteiger partial charge >= 0.3 is 0 Å². The Balaban J connectivity index is 0.000000114. The summed E-state index contributed by atoms with van der Waals surface area (Å²) in [6.45, 7) is 8.42. The number of nitrogens with zero attached hydrogens (tertiary/aromatic N) is 5. The number of para-hydroxylation sites is 3. The SMILES string of the molecule is Cc1ccc(-c2ccccc2)c2cnccc12.Cc1cccc2cnc(-c3ccccc3)cc12.Cc1cccc2cnccc12.Cc1nc2ccccc2n1-c1ccccc1. The minimum atomic E-state index is 1.02. The molecule has 5 heteroatoms. The van der Waals surface area contributed by atoms with Gasteiger partial charge in [-0.15, -0.1) is 0 Å². The van der Waals surface area contributed by atoms with Crippen molar-refractivity contribution in [3.05, 3.63) is 235 Å². The van der Waals surface area contributed by atoms with Crippen LogP contribution in [0.2, 0.25) is 0 Å². The summed E-state index contributed by atoms with van der Waals surface area (Å²) in [5, 5.41) is 7.49. The Bertz CT molecular complexity index is 3170. The first-order chi connectivity index (χ1) is 29.9. The fourth-order valence-corrected chi connectivity index (χ4v) is 7.64. The van der Waals surface area contributed by atoms with Crippen molar-refractivity contribution >= 4 is 43.4 Å². The molecule has 0 aliphatic carbocycles. The highest BCUT2D eigenvalue weighted by molar-refractivity contribution is 5.97. The number of aromatic nitrogens is 5. The quantitative estimate of drug-likeness (QED) is 0.179. The fraction of sp³-hybridized carbons (Fsp3) is 0.0714. The molecule has 0 saturated carbocycles. The summed E-state index contributed by atoms with van der Waals surface area (Å²) < 4.78 is 2.18. The lowest BCUT2D eigenvalue weighted by molar-refractivity contribution is 1.00. The number of pyridine rings is 3. The number of benzene rings is 7. The molecule has 4 aromatic heterocycles.